The predicted octanol–water partition coefficient (Wildman–Crippen LogP) is 4.80. The van der Waals surface area contributed by atoms with E-state index in [0.29, 0.717) is 13.7 Å². The molecule has 3 aliphatic heterocycles. The van der Waals surface area contributed by atoms with Crippen LogP contribution < -0.4 is 5.09 Å². The molecule has 3 fully saturated rings. The van der Waals surface area contributed by atoms with E-state index in [4.69, 9.17) is 22.5 Å². The van der Waals surface area contributed by atoms with Crippen LogP contribution in [0.3, 0.4) is 0 Å². The van der Waals surface area contributed by atoms with E-state index in [1.54, 1.807) is 0 Å². The van der Waals surface area contributed by atoms with Crippen LogP contribution in [0.4, 0.5) is 0 Å². The van der Waals surface area contributed by atoms with Crippen molar-refractivity contribution in [3.05, 3.63) is 0 Å². The standard InChI is InChI=1S/C15H32Cl2N4P2/c1-2-9-18-23(17,19-10-3-4-11-19,20-12-5-6-13-20)21-14-7-8-15(21)22-16/h15,18,22H,2-14H2,1H3. The van der Waals surface area contributed by atoms with Gasteiger partial charge in [-0.05, 0) is 0 Å². The molecule has 1 N–H and O–H groups in total. The Morgan fingerprint density at radius 1 is 1.00 bits per heavy atom. The fourth-order valence-electron chi connectivity index (χ4n) is 4.50. The van der Waals surface area contributed by atoms with Crippen molar-refractivity contribution in [1.82, 2.24) is 19.1 Å². The molecular formula is C15H32Cl2N4P2. The van der Waals surface area contributed by atoms with E-state index in [2.05, 4.69) is 26.0 Å². The molecule has 0 spiro atoms. The van der Waals surface area contributed by atoms with Crippen molar-refractivity contribution in [3.63, 3.8) is 0 Å². The van der Waals surface area contributed by atoms with Crippen molar-refractivity contribution in [1.29, 1.82) is 0 Å². The Balaban J connectivity index is 2.03. The summed E-state index contributed by atoms with van der Waals surface area (Å²) in [6.45, 7) is 5.87. The molecule has 0 aliphatic carbocycles. The SMILES string of the molecule is CCCNP(Cl)(N1CCCC1)(N1CCCC1)N1CCCC1PCl. The zero-order valence-corrected chi connectivity index (χ0v) is 17.7. The molecule has 0 radical (unpaired) electrons. The van der Waals surface area contributed by atoms with E-state index in [-0.39, 0.29) is 0 Å². The molecule has 3 rings (SSSR count). The zero-order chi connectivity index (χ0) is 16.4. The van der Waals surface area contributed by atoms with Gasteiger partial charge in [0.15, 0.2) is 0 Å². The van der Waals surface area contributed by atoms with Crippen LogP contribution in [0, 0.1) is 0 Å². The van der Waals surface area contributed by atoms with Gasteiger partial charge in [0.05, 0.1) is 0 Å². The Hall–Kier alpha value is 1.28. The molecule has 3 saturated heterocycles. The quantitative estimate of drug-likeness (QED) is 0.619. The Kier molecular flexibility index (Phi) is 6.53. The van der Waals surface area contributed by atoms with Crippen LogP contribution in [-0.4, -0.2) is 59.1 Å². The predicted molar refractivity (Wildman–Crippen MR) is 107 cm³/mol. The minimum absolute atomic E-state index is 0.436. The van der Waals surface area contributed by atoms with E-state index in [1.165, 1.54) is 38.5 Å². The first-order chi connectivity index (χ1) is 11.1. The summed E-state index contributed by atoms with van der Waals surface area (Å²) in [6.07, 6.45) is 8.63. The molecule has 0 aromatic rings. The maximum atomic E-state index is 7.91. The van der Waals surface area contributed by atoms with Gasteiger partial charge in [-0.1, -0.05) is 0 Å². The monoisotopic (exact) mass is 400 g/mol. The number of hydrogen-bond donors (Lipinski definition) is 1. The molecule has 0 bridgehead atoms. The van der Waals surface area contributed by atoms with Crippen molar-refractivity contribution in [3.8, 4) is 0 Å². The zero-order valence-electron chi connectivity index (χ0n) is 14.3. The third-order valence-electron chi connectivity index (χ3n) is 5.61. The average molecular weight is 401 g/mol. The van der Waals surface area contributed by atoms with Crippen LogP contribution in [0.25, 0.3) is 0 Å². The normalized spacial score (nSPS) is 30.6. The minimum atomic E-state index is -2.96. The van der Waals surface area contributed by atoms with Gasteiger partial charge in [0, 0.05) is 0 Å². The summed E-state index contributed by atoms with van der Waals surface area (Å²) in [7, 11) is 0.436. The van der Waals surface area contributed by atoms with Gasteiger partial charge in [-0.25, -0.2) is 0 Å². The number of rotatable bonds is 7. The van der Waals surface area contributed by atoms with E-state index >= 15 is 0 Å². The van der Waals surface area contributed by atoms with Crippen molar-refractivity contribution in [2.75, 3.05) is 39.3 Å². The molecule has 8 heteroatoms. The fourth-order valence-corrected chi connectivity index (χ4v) is 14.0. The van der Waals surface area contributed by atoms with Crippen molar-refractivity contribution in [2.24, 2.45) is 0 Å². The molecule has 0 aromatic heterocycles. The van der Waals surface area contributed by atoms with E-state index in [1.807, 2.05) is 0 Å². The summed E-state index contributed by atoms with van der Waals surface area (Å²) < 4.78 is 7.93. The third-order valence-corrected chi connectivity index (χ3v) is 14.6. The molecule has 4 nitrogen and oxygen atoms in total. The van der Waals surface area contributed by atoms with Crippen LogP contribution in [0.2, 0.25) is 0 Å². The second kappa shape index (κ2) is 7.89. The maximum absolute atomic E-state index is 7.91. The molecule has 3 aliphatic rings. The second-order valence-electron chi connectivity index (χ2n) is 7.04. The summed E-state index contributed by atoms with van der Waals surface area (Å²) in [4.78, 5) is 0. The molecular weight excluding hydrogens is 369 g/mol. The molecule has 3 heterocycles. The Morgan fingerprint density at radius 2 is 1.57 bits per heavy atom. The Labute approximate surface area is 153 Å². The van der Waals surface area contributed by atoms with Crippen molar-refractivity contribution < 1.29 is 0 Å². The number of nitrogens with one attached hydrogen (secondary N) is 1. The summed E-state index contributed by atoms with van der Waals surface area (Å²) >= 11 is 14.3. The van der Waals surface area contributed by atoms with Crippen LogP contribution in [0.1, 0.15) is 51.9 Å². The summed E-state index contributed by atoms with van der Waals surface area (Å²) in [5.74, 6) is 0.442. The average Bonchev–Trinajstić information content (AvgIpc) is 3.34. The molecule has 136 valence electrons. The number of halogens is 2. The number of hydrogen-bond acceptors (Lipinski definition) is 4. The third kappa shape index (κ3) is 3.21. The molecule has 0 amide bonds. The first-order valence-corrected chi connectivity index (χ1v) is 14.4. The van der Waals surface area contributed by atoms with Gasteiger partial charge >= 0.3 is 153 Å². The van der Waals surface area contributed by atoms with Gasteiger partial charge in [0.25, 0.3) is 0 Å². The summed E-state index contributed by atoms with van der Waals surface area (Å²) in [5, 5.41) is 3.97. The van der Waals surface area contributed by atoms with Gasteiger partial charge < -0.3 is 0 Å². The molecule has 0 saturated carbocycles. The Morgan fingerprint density at radius 3 is 2.04 bits per heavy atom. The first kappa shape index (κ1) is 19.1. The summed E-state index contributed by atoms with van der Waals surface area (Å²) in [5.41, 5.74) is 0. The van der Waals surface area contributed by atoms with E-state index in [9.17, 15) is 0 Å². The van der Waals surface area contributed by atoms with Gasteiger partial charge in [0.1, 0.15) is 0 Å². The fraction of sp³-hybridized carbons (Fsp3) is 1.00. The van der Waals surface area contributed by atoms with Gasteiger partial charge in [0.2, 0.25) is 0 Å². The molecule has 0 aromatic carbocycles. The van der Waals surface area contributed by atoms with E-state index < -0.39 is 6.56 Å². The Bertz CT molecular complexity index is 387. The van der Waals surface area contributed by atoms with Crippen LogP contribution in [0.5, 0.6) is 0 Å². The van der Waals surface area contributed by atoms with Gasteiger partial charge in [-0.15, -0.1) is 0 Å². The van der Waals surface area contributed by atoms with Crippen LogP contribution in [-0.2, 0) is 0 Å². The summed E-state index contributed by atoms with van der Waals surface area (Å²) in [6, 6.07) is 0. The molecule has 23 heavy (non-hydrogen) atoms. The van der Waals surface area contributed by atoms with Crippen molar-refractivity contribution in [2.45, 2.75) is 57.7 Å². The van der Waals surface area contributed by atoms with Crippen LogP contribution in [0.15, 0.2) is 0 Å². The topological polar surface area (TPSA) is 21.8 Å². The van der Waals surface area contributed by atoms with Gasteiger partial charge in [-0.3, -0.25) is 0 Å². The first-order valence-electron chi connectivity index (χ1n) is 9.28. The van der Waals surface area contributed by atoms with Crippen molar-refractivity contribution >= 4 is 37.0 Å². The second-order valence-corrected chi connectivity index (χ2v) is 14.2. The van der Waals surface area contributed by atoms with E-state index in [0.717, 1.165) is 45.7 Å². The molecule has 2 atom stereocenters. The number of nitrogens with zero attached hydrogens (tertiary/aromatic N) is 3. The van der Waals surface area contributed by atoms with Gasteiger partial charge in [-0.2, -0.15) is 0 Å². The molecule has 2 unspecified atom stereocenters. The van der Waals surface area contributed by atoms with Crippen LogP contribution >= 0.6 is 37.0 Å².